The van der Waals surface area contributed by atoms with Crippen molar-refractivity contribution in [2.75, 3.05) is 0 Å². The zero-order valence-corrected chi connectivity index (χ0v) is 9.90. The standard InChI is InChI=1S/C14H13FN2O/c1-2-14(18)17(12-5-6-12)9-11-4-3-10(8-16)7-13(11)15/h2-4,7,12H,1,5-6,9H2. The second kappa shape index (κ2) is 5.01. The number of nitriles is 1. The van der Waals surface area contributed by atoms with Crippen LogP contribution in [-0.4, -0.2) is 16.8 Å². The summed E-state index contributed by atoms with van der Waals surface area (Å²) in [6.07, 6.45) is 3.16. The van der Waals surface area contributed by atoms with Crippen LogP contribution in [0.25, 0.3) is 0 Å². The lowest BCUT2D eigenvalue weighted by atomic mass is 10.1. The number of hydrogen-bond acceptors (Lipinski definition) is 2. The van der Waals surface area contributed by atoms with Crippen LogP contribution in [0.3, 0.4) is 0 Å². The summed E-state index contributed by atoms with van der Waals surface area (Å²) in [6.45, 7) is 3.68. The van der Waals surface area contributed by atoms with Crippen LogP contribution >= 0.6 is 0 Å². The van der Waals surface area contributed by atoms with Gasteiger partial charge in [-0.1, -0.05) is 12.6 Å². The Bertz CT molecular complexity index is 529. The Kier molecular flexibility index (Phi) is 3.42. The normalized spacial score (nSPS) is 13.8. The predicted octanol–water partition coefficient (Wildman–Crippen LogP) is 2.37. The fourth-order valence-electron chi connectivity index (χ4n) is 1.82. The van der Waals surface area contributed by atoms with Crippen molar-refractivity contribution in [1.29, 1.82) is 5.26 Å². The van der Waals surface area contributed by atoms with Gasteiger partial charge in [0, 0.05) is 18.2 Å². The van der Waals surface area contributed by atoms with Crippen LogP contribution in [-0.2, 0) is 11.3 Å². The number of nitrogens with zero attached hydrogens (tertiary/aromatic N) is 2. The molecule has 1 fully saturated rings. The topological polar surface area (TPSA) is 44.1 Å². The molecule has 0 atom stereocenters. The molecule has 0 heterocycles. The molecule has 0 aromatic heterocycles. The first-order valence-corrected chi connectivity index (χ1v) is 5.77. The third-order valence-corrected chi connectivity index (χ3v) is 2.97. The van der Waals surface area contributed by atoms with Gasteiger partial charge in [-0.2, -0.15) is 5.26 Å². The quantitative estimate of drug-likeness (QED) is 0.763. The Morgan fingerprint density at radius 1 is 1.61 bits per heavy atom. The Balaban J connectivity index is 2.19. The zero-order valence-electron chi connectivity index (χ0n) is 9.90. The van der Waals surface area contributed by atoms with Crippen LogP contribution < -0.4 is 0 Å². The summed E-state index contributed by atoms with van der Waals surface area (Å²) < 4.78 is 13.7. The fourth-order valence-corrected chi connectivity index (χ4v) is 1.82. The summed E-state index contributed by atoms with van der Waals surface area (Å²) in [5, 5.41) is 8.66. The molecule has 92 valence electrons. The number of carbonyl (C=O) groups excluding carboxylic acids is 1. The average Bonchev–Trinajstić information content (AvgIpc) is 3.20. The lowest BCUT2D eigenvalue weighted by Crippen LogP contribution is -2.31. The second-order valence-electron chi connectivity index (χ2n) is 4.32. The van der Waals surface area contributed by atoms with Gasteiger partial charge in [0.1, 0.15) is 5.82 Å². The van der Waals surface area contributed by atoms with Crippen molar-refractivity contribution in [2.45, 2.75) is 25.4 Å². The van der Waals surface area contributed by atoms with E-state index >= 15 is 0 Å². The number of rotatable bonds is 4. The zero-order chi connectivity index (χ0) is 13.1. The molecule has 0 aliphatic heterocycles. The molecule has 4 heteroatoms. The van der Waals surface area contributed by atoms with E-state index in [9.17, 15) is 9.18 Å². The van der Waals surface area contributed by atoms with Gasteiger partial charge in [-0.3, -0.25) is 4.79 Å². The number of amides is 1. The van der Waals surface area contributed by atoms with E-state index < -0.39 is 5.82 Å². The van der Waals surface area contributed by atoms with Crippen LogP contribution in [0.5, 0.6) is 0 Å². The predicted molar refractivity (Wildman–Crippen MR) is 64.9 cm³/mol. The maximum atomic E-state index is 13.7. The van der Waals surface area contributed by atoms with Crippen LogP contribution in [0.1, 0.15) is 24.0 Å². The molecule has 0 saturated heterocycles. The number of hydrogen-bond donors (Lipinski definition) is 0. The molecular formula is C14H13FN2O. The molecule has 1 aromatic rings. The minimum Gasteiger partial charge on any atom is -0.332 e. The molecule has 1 amide bonds. The first kappa shape index (κ1) is 12.3. The molecule has 2 rings (SSSR count). The Hall–Kier alpha value is -2.15. The van der Waals surface area contributed by atoms with E-state index in [4.69, 9.17) is 5.26 Å². The Morgan fingerprint density at radius 3 is 2.83 bits per heavy atom. The number of benzene rings is 1. The highest BCUT2D eigenvalue weighted by atomic mass is 19.1. The average molecular weight is 244 g/mol. The molecule has 1 saturated carbocycles. The van der Waals surface area contributed by atoms with Crippen molar-refractivity contribution >= 4 is 5.91 Å². The Morgan fingerprint density at radius 2 is 2.33 bits per heavy atom. The van der Waals surface area contributed by atoms with Crippen molar-refractivity contribution in [1.82, 2.24) is 4.90 Å². The fraction of sp³-hybridized carbons (Fsp3) is 0.286. The largest absolute Gasteiger partial charge is 0.332 e. The molecular weight excluding hydrogens is 231 g/mol. The number of carbonyl (C=O) groups is 1. The van der Waals surface area contributed by atoms with Crippen molar-refractivity contribution < 1.29 is 9.18 Å². The second-order valence-corrected chi connectivity index (χ2v) is 4.32. The maximum Gasteiger partial charge on any atom is 0.246 e. The van der Waals surface area contributed by atoms with Gasteiger partial charge >= 0.3 is 0 Å². The van der Waals surface area contributed by atoms with E-state index in [1.165, 1.54) is 12.1 Å². The van der Waals surface area contributed by atoms with Gasteiger partial charge in [0.25, 0.3) is 0 Å². The molecule has 0 radical (unpaired) electrons. The first-order chi connectivity index (χ1) is 8.65. The molecule has 0 bridgehead atoms. The minimum absolute atomic E-state index is 0.179. The monoisotopic (exact) mass is 244 g/mol. The Labute approximate surface area is 105 Å². The summed E-state index contributed by atoms with van der Waals surface area (Å²) in [5.74, 6) is -0.627. The molecule has 0 unspecified atom stereocenters. The lowest BCUT2D eigenvalue weighted by molar-refractivity contribution is -0.127. The molecule has 0 spiro atoms. The lowest BCUT2D eigenvalue weighted by Gasteiger charge is -2.21. The van der Waals surface area contributed by atoms with Gasteiger partial charge in [-0.25, -0.2) is 4.39 Å². The van der Waals surface area contributed by atoms with Crippen LogP contribution in [0.15, 0.2) is 30.9 Å². The first-order valence-electron chi connectivity index (χ1n) is 5.77. The third-order valence-electron chi connectivity index (χ3n) is 2.97. The molecule has 1 aliphatic carbocycles. The van der Waals surface area contributed by atoms with E-state index in [0.29, 0.717) is 5.56 Å². The number of halogens is 1. The van der Waals surface area contributed by atoms with Crippen molar-refractivity contribution in [2.24, 2.45) is 0 Å². The highest BCUT2D eigenvalue weighted by Gasteiger charge is 2.31. The highest BCUT2D eigenvalue weighted by Crippen LogP contribution is 2.29. The van der Waals surface area contributed by atoms with Gasteiger partial charge in [0.05, 0.1) is 11.6 Å². The molecule has 0 N–H and O–H groups in total. The SMILES string of the molecule is C=CC(=O)N(Cc1ccc(C#N)cc1F)C1CC1. The van der Waals surface area contributed by atoms with Crippen molar-refractivity contribution in [3.63, 3.8) is 0 Å². The summed E-state index contributed by atoms with van der Waals surface area (Å²) in [5.41, 5.74) is 0.709. The molecule has 18 heavy (non-hydrogen) atoms. The summed E-state index contributed by atoms with van der Waals surface area (Å²) in [4.78, 5) is 13.3. The summed E-state index contributed by atoms with van der Waals surface area (Å²) in [7, 11) is 0. The van der Waals surface area contributed by atoms with E-state index in [1.807, 2.05) is 6.07 Å². The maximum absolute atomic E-state index is 13.7. The molecule has 1 aromatic carbocycles. The summed E-state index contributed by atoms with van der Waals surface area (Å²) >= 11 is 0. The third kappa shape index (κ3) is 2.57. The van der Waals surface area contributed by atoms with E-state index in [2.05, 4.69) is 6.58 Å². The van der Waals surface area contributed by atoms with Crippen LogP contribution in [0, 0.1) is 17.1 Å². The van der Waals surface area contributed by atoms with Crippen molar-refractivity contribution in [3.8, 4) is 6.07 Å². The van der Waals surface area contributed by atoms with Crippen molar-refractivity contribution in [3.05, 3.63) is 47.8 Å². The van der Waals surface area contributed by atoms with Gasteiger partial charge in [0.15, 0.2) is 0 Å². The highest BCUT2D eigenvalue weighted by molar-refractivity contribution is 5.87. The van der Waals surface area contributed by atoms with Gasteiger partial charge in [0.2, 0.25) is 5.91 Å². The van der Waals surface area contributed by atoms with Crippen LogP contribution in [0.2, 0.25) is 0 Å². The van der Waals surface area contributed by atoms with Crippen LogP contribution in [0.4, 0.5) is 4.39 Å². The van der Waals surface area contributed by atoms with E-state index in [0.717, 1.165) is 12.8 Å². The molecule has 3 nitrogen and oxygen atoms in total. The van der Waals surface area contributed by atoms with E-state index in [1.54, 1.807) is 17.0 Å². The van der Waals surface area contributed by atoms with Gasteiger partial charge < -0.3 is 4.90 Å². The van der Waals surface area contributed by atoms with Gasteiger partial charge in [-0.15, -0.1) is 0 Å². The minimum atomic E-state index is -0.448. The smallest absolute Gasteiger partial charge is 0.246 e. The van der Waals surface area contributed by atoms with Gasteiger partial charge in [-0.05, 0) is 31.1 Å². The summed E-state index contributed by atoms with van der Waals surface area (Å²) in [6, 6.07) is 6.39. The van der Waals surface area contributed by atoms with E-state index in [-0.39, 0.29) is 24.1 Å². The molecule has 1 aliphatic rings.